The standard InChI is InChI=1S/C32H29ClF2N8O/c1-41(2)22-16-43(17-22)31(36)42(3)30(44)18-7-10-21(11-8-18)39-32-38-15-19-14-37-29(27-25(34)5-4-6-26(27)35)24-13-20(33)9-12-23(24)28(19)40-32/h4-13,15,22,36H,14,16-17H2,1-3H3,(H,38,39,40). The number of hydrogen-bond acceptors (Lipinski definition) is 7. The van der Waals surface area contributed by atoms with Gasteiger partial charge in [-0.3, -0.25) is 20.1 Å². The zero-order valence-electron chi connectivity index (χ0n) is 24.3. The lowest BCUT2D eigenvalue weighted by Crippen LogP contribution is -2.62. The highest BCUT2D eigenvalue weighted by Crippen LogP contribution is 2.35. The van der Waals surface area contributed by atoms with Crippen LogP contribution in [0.4, 0.5) is 20.4 Å². The van der Waals surface area contributed by atoms with E-state index in [-0.39, 0.29) is 35.6 Å². The van der Waals surface area contributed by atoms with Crippen LogP contribution in [0.25, 0.3) is 11.3 Å². The molecule has 0 spiro atoms. The zero-order valence-corrected chi connectivity index (χ0v) is 25.0. The van der Waals surface area contributed by atoms with E-state index in [1.807, 2.05) is 19.0 Å². The van der Waals surface area contributed by atoms with Crippen molar-refractivity contribution in [3.05, 3.63) is 106 Å². The van der Waals surface area contributed by atoms with Crippen molar-refractivity contribution in [2.45, 2.75) is 12.6 Å². The Morgan fingerprint density at radius 1 is 1.02 bits per heavy atom. The molecule has 3 aromatic carbocycles. The number of carbonyl (C=O) groups is 1. The molecule has 1 aromatic heterocycles. The van der Waals surface area contributed by atoms with Crippen LogP contribution in [0, 0.1) is 17.0 Å². The van der Waals surface area contributed by atoms with Gasteiger partial charge in [0.05, 0.1) is 23.5 Å². The van der Waals surface area contributed by atoms with Gasteiger partial charge in [0.15, 0.2) is 0 Å². The Hall–Kier alpha value is -4.74. The van der Waals surface area contributed by atoms with Crippen LogP contribution in [0.3, 0.4) is 0 Å². The summed E-state index contributed by atoms with van der Waals surface area (Å²) in [7, 11) is 5.61. The molecule has 6 rings (SSSR count). The Bertz CT molecular complexity index is 1780. The molecule has 44 heavy (non-hydrogen) atoms. The fourth-order valence-corrected chi connectivity index (χ4v) is 5.38. The van der Waals surface area contributed by atoms with Gasteiger partial charge >= 0.3 is 0 Å². The van der Waals surface area contributed by atoms with Crippen molar-refractivity contribution in [3.8, 4) is 11.3 Å². The first-order valence-electron chi connectivity index (χ1n) is 13.9. The molecule has 1 amide bonds. The maximum absolute atomic E-state index is 14.8. The van der Waals surface area contributed by atoms with Gasteiger partial charge in [0.1, 0.15) is 11.6 Å². The SMILES string of the molecule is CN(C(=N)N1CC(N(C)C)C1)C(=O)c1ccc(Nc2ncc3c(n2)-c2ccc(Cl)cc2C(c2c(F)cccc2F)=NC3)cc1. The minimum atomic E-state index is -0.724. The monoisotopic (exact) mass is 614 g/mol. The van der Waals surface area contributed by atoms with Crippen LogP contribution in [0.15, 0.2) is 71.9 Å². The lowest BCUT2D eigenvalue weighted by Gasteiger charge is -2.45. The lowest BCUT2D eigenvalue weighted by atomic mass is 9.95. The molecular formula is C32H29ClF2N8O. The number of amides is 1. The summed E-state index contributed by atoms with van der Waals surface area (Å²) in [6.07, 6.45) is 1.63. The highest BCUT2D eigenvalue weighted by atomic mass is 35.5. The second kappa shape index (κ2) is 11.7. The third-order valence-electron chi connectivity index (χ3n) is 7.87. The number of aromatic nitrogens is 2. The van der Waals surface area contributed by atoms with Crippen LogP contribution in [-0.4, -0.2) is 82.5 Å². The van der Waals surface area contributed by atoms with E-state index in [0.29, 0.717) is 57.8 Å². The third kappa shape index (κ3) is 5.51. The summed E-state index contributed by atoms with van der Waals surface area (Å²) in [5.41, 5.74) is 3.30. The van der Waals surface area contributed by atoms with E-state index in [1.54, 1.807) is 55.7 Å². The fraction of sp³-hybridized carbons (Fsp3) is 0.219. The molecule has 0 unspecified atom stereocenters. The molecule has 0 bridgehead atoms. The predicted octanol–water partition coefficient (Wildman–Crippen LogP) is 5.42. The molecule has 0 saturated carbocycles. The van der Waals surface area contributed by atoms with E-state index in [1.165, 1.54) is 23.1 Å². The van der Waals surface area contributed by atoms with E-state index < -0.39 is 11.6 Å². The summed E-state index contributed by atoms with van der Waals surface area (Å²) in [5.74, 6) is -1.28. The Balaban J connectivity index is 1.22. The second-order valence-electron chi connectivity index (χ2n) is 10.9. The lowest BCUT2D eigenvalue weighted by molar-refractivity contribution is 0.0794. The average molecular weight is 615 g/mol. The number of fused-ring (bicyclic) bond motifs is 3. The molecule has 2 aliphatic heterocycles. The van der Waals surface area contributed by atoms with E-state index in [9.17, 15) is 13.6 Å². The van der Waals surface area contributed by atoms with Crippen LogP contribution in [0.2, 0.25) is 5.02 Å². The highest BCUT2D eigenvalue weighted by Gasteiger charge is 2.33. The zero-order chi connectivity index (χ0) is 31.1. The number of guanidine groups is 1. The Morgan fingerprint density at radius 2 is 1.73 bits per heavy atom. The molecule has 0 radical (unpaired) electrons. The van der Waals surface area contributed by atoms with Gasteiger partial charge in [0.2, 0.25) is 11.9 Å². The van der Waals surface area contributed by atoms with Crippen molar-refractivity contribution in [2.24, 2.45) is 4.99 Å². The number of aliphatic imine (C=N–C) groups is 1. The van der Waals surface area contributed by atoms with E-state index in [2.05, 4.69) is 20.2 Å². The molecule has 4 aromatic rings. The number of nitrogens with zero attached hydrogens (tertiary/aromatic N) is 6. The smallest absolute Gasteiger partial charge is 0.260 e. The third-order valence-corrected chi connectivity index (χ3v) is 8.10. The molecule has 224 valence electrons. The Labute approximate surface area is 258 Å². The number of hydrogen-bond donors (Lipinski definition) is 2. The predicted molar refractivity (Wildman–Crippen MR) is 167 cm³/mol. The van der Waals surface area contributed by atoms with Crippen molar-refractivity contribution in [1.29, 1.82) is 5.41 Å². The molecule has 0 atom stereocenters. The van der Waals surface area contributed by atoms with Crippen LogP contribution < -0.4 is 5.32 Å². The summed E-state index contributed by atoms with van der Waals surface area (Å²) in [6.45, 7) is 1.52. The first kappa shape index (κ1) is 29.3. The molecule has 9 nitrogen and oxygen atoms in total. The van der Waals surface area contributed by atoms with Gasteiger partial charge in [-0.2, -0.15) is 0 Å². The van der Waals surface area contributed by atoms with Crippen molar-refractivity contribution < 1.29 is 13.6 Å². The van der Waals surface area contributed by atoms with Gasteiger partial charge in [-0.25, -0.2) is 18.7 Å². The molecule has 2 N–H and O–H groups in total. The Kier molecular flexibility index (Phi) is 7.83. The van der Waals surface area contributed by atoms with Gasteiger partial charge in [0, 0.05) is 65.3 Å². The summed E-state index contributed by atoms with van der Waals surface area (Å²) in [4.78, 5) is 32.1. The van der Waals surface area contributed by atoms with Crippen molar-refractivity contribution in [2.75, 3.05) is 39.5 Å². The largest absolute Gasteiger partial charge is 0.339 e. The van der Waals surface area contributed by atoms with Crippen molar-refractivity contribution in [3.63, 3.8) is 0 Å². The molecule has 0 aliphatic carbocycles. The van der Waals surface area contributed by atoms with E-state index >= 15 is 0 Å². The van der Waals surface area contributed by atoms with Gasteiger partial charge in [-0.15, -0.1) is 0 Å². The number of nitrogens with one attached hydrogen (secondary N) is 2. The maximum Gasteiger partial charge on any atom is 0.260 e. The molecule has 1 fully saturated rings. The van der Waals surface area contributed by atoms with Crippen molar-refractivity contribution >= 4 is 40.8 Å². The van der Waals surface area contributed by atoms with Gasteiger partial charge in [-0.05, 0) is 62.6 Å². The number of likely N-dealkylation sites (N-methyl/N-ethyl adjacent to an activating group) is 1. The normalized spacial score (nSPS) is 14.2. The topological polar surface area (TPSA) is 101 Å². The number of anilines is 2. The number of likely N-dealkylation sites (tertiary alicyclic amines) is 1. The van der Waals surface area contributed by atoms with Crippen LogP contribution in [-0.2, 0) is 6.54 Å². The molecular weight excluding hydrogens is 586 g/mol. The summed E-state index contributed by atoms with van der Waals surface area (Å²) in [6, 6.07) is 16.0. The van der Waals surface area contributed by atoms with Gasteiger partial charge in [-0.1, -0.05) is 23.7 Å². The van der Waals surface area contributed by atoms with Crippen LogP contribution in [0.5, 0.6) is 0 Å². The fourth-order valence-electron chi connectivity index (χ4n) is 5.20. The number of halogens is 3. The second-order valence-corrected chi connectivity index (χ2v) is 11.4. The van der Waals surface area contributed by atoms with Crippen LogP contribution >= 0.6 is 11.6 Å². The van der Waals surface area contributed by atoms with Gasteiger partial charge < -0.3 is 15.1 Å². The average Bonchev–Trinajstić information content (AvgIpc) is 3.12. The van der Waals surface area contributed by atoms with E-state index in [4.69, 9.17) is 22.0 Å². The quantitative estimate of drug-likeness (QED) is 0.230. The summed E-state index contributed by atoms with van der Waals surface area (Å²) in [5, 5.41) is 12.0. The molecule has 3 heterocycles. The van der Waals surface area contributed by atoms with Crippen LogP contribution in [0.1, 0.15) is 27.0 Å². The Morgan fingerprint density at radius 3 is 2.41 bits per heavy atom. The van der Waals surface area contributed by atoms with Gasteiger partial charge in [0.25, 0.3) is 5.91 Å². The minimum absolute atomic E-state index is 0.109. The minimum Gasteiger partial charge on any atom is -0.339 e. The first-order chi connectivity index (χ1) is 21.1. The number of carbonyl (C=O) groups excluding carboxylic acids is 1. The maximum atomic E-state index is 14.8. The number of rotatable bonds is 5. The number of benzene rings is 3. The molecule has 12 heteroatoms. The highest BCUT2D eigenvalue weighted by molar-refractivity contribution is 6.31. The van der Waals surface area contributed by atoms with Crippen molar-refractivity contribution in [1.82, 2.24) is 24.7 Å². The van der Waals surface area contributed by atoms with E-state index in [0.717, 1.165) is 0 Å². The molecule has 1 saturated heterocycles. The first-order valence-corrected chi connectivity index (χ1v) is 14.3. The summed E-state index contributed by atoms with van der Waals surface area (Å²) >= 11 is 6.31. The summed E-state index contributed by atoms with van der Waals surface area (Å²) < 4.78 is 29.6. The molecule has 2 aliphatic rings.